The summed E-state index contributed by atoms with van der Waals surface area (Å²) in [5, 5.41) is 13.3. The lowest BCUT2D eigenvalue weighted by atomic mass is 9.74. The van der Waals surface area contributed by atoms with E-state index < -0.39 is 22.9 Å². The molecule has 85 heavy (non-hydrogen) atoms. The molecule has 2 N–H and O–H groups in total. The molecular formula is C63H90N6O16. The summed E-state index contributed by atoms with van der Waals surface area (Å²) in [7, 11) is 0. The van der Waals surface area contributed by atoms with Crippen LogP contribution in [0.5, 0.6) is 0 Å². The van der Waals surface area contributed by atoms with Gasteiger partial charge in [0.25, 0.3) is 23.6 Å². The topological polar surface area (TPSA) is 250 Å². The van der Waals surface area contributed by atoms with Crippen molar-refractivity contribution in [2.75, 3.05) is 98.6 Å². The van der Waals surface area contributed by atoms with E-state index in [2.05, 4.69) is 5.32 Å². The van der Waals surface area contributed by atoms with Gasteiger partial charge in [0.05, 0.1) is 92.6 Å². The second kappa shape index (κ2) is 26.4. The maximum atomic E-state index is 12.9. The summed E-state index contributed by atoms with van der Waals surface area (Å²) in [4.78, 5) is 107. The highest BCUT2D eigenvalue weighted by molar-refractivity contribution is 6.22. The molecule has 22 nitrogen and oxygen atoms in total. The minimum Gasteiger partial charge on any atom is -0.466 e. The number of aliphatic hydroxyl groups excluding tert-OH is 1. The van der Waals surface area contributed by atoms with Crippen LogP contribution in [-0.2, 0) is 38.0 Å². The van der Waals surface area contributed by atoms with Crippen LogP contribution in [0.2, 0.25) is 0 Å². The Kier molecular flexibility index (Phi) is 20.1. The quantitative estimate of drug-likeness (QED) is 0.173. The van der Waals surface area contributed by atoms with Gasteiger partial charge in [-0.15, -0.1) is 0 Å². The van der Waals surface area contributed by atoms with Gasteiger partial charge in [-0.3, -0.25) is 33.8 Å². The van der Waals surface area contributed by atoms with E-state index in [-0.39, 0.29) is 82.1 Å². The van der Waals surface area contributed by atoms with Gasteiger partial charge >= 0.3 is 24.2 Å². The van der Waals surface area contributed by atoms with Crippen molar-refractivity contribution in [1.29, 1.82) is 0 Å². The van der Waals surface area contributed by atoms with Gasteiger partial charge in [0, 0.05) is 55.5 Å². The summed E-state index contributed by atoms with van der Waals surface area (Å²) in [6.07, 6.45) is 4.84. The summed E-state index contributed by atoms with van der Waals surface area (Å²) < 4.78 is 37.9. The first-order valence-corrected chi connectivity index (χ1v) is 30.3. The van der Waals surface area contributed by atoms with Crippen LogP contribution in [0.1, 0.15) is 162 Å². The Labute approximate surface area is 499 Å². The molecule has 7 fully saturated rings. The fourth-order valence-electron chi connectivity index (χ4n) is 12.8. The number of carbonyl (C=O) groups is 8. The number of likely N-dealkylation sites (tertiary alicyclic amines) is 3. The number of benzene rings is 2. The minimum absolute atomic E-state index is 0.0708. The van der Waals surface area contributed by atoms with Gasteiger partial charge in [-0.2, -0.15) is 0 Å². The number of fused-ring (bicyclic) bond motifs is 2. The molecule has 11 rings (SSSR count). The van der Waals surface area contributed by atoms with Crippen LogP contribution in [-0.4, -0.2) is 211 Å². The molecule has 9 aliphatic rings. The van der Waals surface area contributed by atoms with Crippen molar-refractivity contribution in [1.82, 2.24) is 29.8 Å². The van der Waals surface area contributed by atoms with Gasteiger partial charge in [-0.05, 0) is 158 Å². The Bertz CT molecular complexity index is 2690. The van der Waals surface area contributed by atoms with Gasteiger partial charge < -0.3 is 58.3 Å². The van der Waals surface area contributed by atoms with E-state index in [1.165, 1.54) is 9.80 Å². The lowest BCUT2D eigenvalue weighted by Gasteiger charge is -2.43. The number of hydrogen-bond acceptors (Lipinski definition) is 17. The molecule has 3 atom stereocenters. The van der Waals surface area contributed by atoms with Crippen molar-refractivity contribution in [2.24, 2.45) is 22.2 Å². The van der Waals surface area contributed by atoms with Crippen molar-refractivity contribution in [2.45, 2.75) is 156 Å². The number of aliphatic hydroxyl groups is 1. The molecule has 0 bridgehead atoms. The Morgan fingerprint density at radius 1 is 0.518 bits per heavy atom. The molecule has 22 heteroatoms. The number of rotatable bonds is 4. The Morgan fingerprint density at radius 2 is 0.847 bits per heavy atom. The molecule has 9 aliphatic heterocycles. The molecule has 0 saturated carbocycles. The van der Waals surface area contributed by atoms with Gasteiger partial charge in [-0.25, -0.2) is 14.4 Å². The largest absolute Gasteiger partial charge is 0.466 e. The average molecular weight is 1190 g/mol. The standard InChI is InChI=1S/C21H26N2O5.C16H18N2O3.2C13H23NO4/c1-20(2,3)28-19(26)22-10-8-21(9-11-22)13-27-12-16(21)23-17(24)14-6-4-5-7-15(14)18(23)25;19-14-11-3-1-2-4-12(11)15(20)18(14)13-9-21-10-16(13)5-7-17-8-6-16;1-12(2,3)18-11(16)14-6-4-13(5-7-14)9-17-8-10(13)15;1-5-17-11(15)10-6-8-14(9-7-10)12(16)18-13(2,3)4/h4-7,16H,8-13H2,1-3H3;1-4,13,17H,5-10H2;10,15H,4-9H2,1-3H3;10H,5-9H2,1-4H3. The van der Waals surface area contributed by atoms with Crippen molar-refractivity contribution in [3.05, 3.63) is 70.8 Å². The highest BCUT2D eigenvalue weighted by atomic mass is 16.6. The molecule has 3 unspecified atom stereocenters. The number of carbonyl (C=O) groups excluding carboxylic acids is 8. The second-order valence-electron chi connectivity index (χ2n) is 26.9. The van der Waals surface area contributed by atoms with Gasteiger partial charge in [-0.1, -0.05) is 24.3 Å². The lowest BCUT2D eigenvalue weighted by molar-refractivity contribution is -0.149. The normalized spacial score (nSPS) is 24.2. The van der Waals surface area contributed by atoms with Gasteiger partial charge in [0.1, 0.15) is 16.8 Å². The number of imide groups is 2. The smallest absolute Gasteiger partial charge is 0.410 e. The Morgan fingerprint density at radius 3 is 1.19 bits per heavy atom. The maximum Gasteiger partial charge on any atom is 0.410 e. The average Bonchev–Trinajstić information content (AvgIpc) is 3.81. The summed E-state index contributed by atoms with van der Waals surface area (Å²) in [6, 6.07) is 13.6. The third-order valence-electron chi connectivity index (χ3n) is 17.6. The molecule has 3 spiro atoms. The summed E-state index contributed by atoms with van der Waals surface area (Å²) >= 11 is 0. The van der Waals surface area contributed by atoms with Gasteiger partial charge in [0.2, 0.25) is 0 Å². The van der Waals surface area contributed by atoms with Crippen LogP contribution >= 0.6 is 0 Å². The van der Waals surface area contributed by atoms with E-state index in [4.69, 9.17) is 33.2 Å². The summed E-state index contributed by atoms with van der Waals surface area (Å²) in [5.41, 5.74) is -0.0236. The fraction of sp³-hybridized carbons (Fsp3) is 0.683. The monoisotopic (exact) mass is 1190 g/mol. The van der Waals surface area contributed by atoms with Crippen LogP contribution in [0.15, 0.2) is 48.5 Å². The zero-order valence-corrected chi connectivity index (χ0v) is 51.5. The molecule has 0 aromatic heterocycles. The predicted octanol–water partition coefficient (Wildman–Crippen LogP) is 7.34. The number of amides is 7. The summed E-state index contributed by atoms with van der Waals surface area (Å²) in [5.74, 6) is -1.05. The fourth-order valence-corrected chi connectivity index (χ4v) is 12.8. The third-order valence-corrected chi connectivity index (χ3v) is 17.6. The van der Waals surface area contributed by atoms with Gasteiger partial charge in [0.15, 0.2) is 0 Å². The highest BCUT2D eigenvalue weighted by Crippen LogP contribution is 2.46. The number of hydrogen-bond donors (Lipinski definition) is 2. The molecular weight excluding hydrogens is 1100 g/mol. The van der Waals surface area contributed by atoms with Crippen LogP contribution in [0.3, 0.4) is 0 Å². The van der Waals surface area contributed by atoms with E-state index in [1.54, 1.807) is 70.2 Å². The number of nitrogens with zero attached hydrogens (tertiary/aromatic N) is 5. The van der Waals surface area contributed by atoms with Crippen LogP contribution < -0.4 is 5.32 Å². The minimum atomic E-state index is -0.536. The molecule has 7 saturated heterocycles. The molecule has 0 aliphatic carbocycles. The Balaban J connectivity index is 0.000000150. The molecule has 468 valence electrons. The zero-order valence-electron chi connectivity index (χ0n) is 51.5. The number of ether oxygens (including phenoxy) is 7. The van der Waals surface area contributed by atoms with E-state index in [9.17, 15) is 43.5 Å². The summed E-state index contributed by atoms with van der Waals surface area (Å²) in [6.45, 7) is 27.1. The number of piperidine rings is 4. The zero-order chi connectivity index (χ0) is 61.7. The van der Waals surface area contributed by atoms with E-state index in [0.717, 1.165) is 38.8 Å². The predicted molar refractivity (Wildman–Crippen MR) is 311 cm³/mol. The highest BCUT2D eigenvalue weighted by Gasteiger charge is 2.56. The number of esters is 1. The van der Waals surface area contributed by atoms with Crippen LogP contribution in [0.25, 0.3) is 0 Å². The lowest BCUT2D eigenvalue weighted by Crippen LogP contribution is -2.55. The van der Waals surface area contributed by atoms with Crippen molar-refractivity contribution < 1.29 is 76.6 Å². The first-order valence-electron chi connectivity index (χ1n) is 30.3. The van der Waals surface area contributed by atoms with E-state index >= 15 is 0 Å². The first kappa shape index (κ1) is 64.8. The molecule has 9 heterocycles. The molecule has 2 aromatic carbocycles. The van der Waals surface area contributed by atoms with Crippen molar-refractivity contribution in [3.8, 4) is 0 Å². The van der Waals surface area contributed by atoms with E-state index in [0.29, 0.717) is 133 Å². The second-order valence-corrected chi connectivity index (χ2v) is 26.9. The molecule has 0 radical (unpaired) electrons. The van der Waals surface area contributed by atoms with Crippen LogP contribution in [0, 0.1) is 22.2 Å². The van der Waals surface area contributed by atoms with Crippen molar-refractivity contribution in [3.63, 3.8) is 0 Å². The van der Waals surface area contributed by atoms with Crippen LogP contribution in [0.4, 0.5) is 14.4 Å². The third kappa shape index (κ3) is 15.0. The molecule has 2 aromatic rings. The number of nitrogens with one attached hydrogen (secondary N) is 1. The Hall–Kier alpha value is -6.20. The SMILES string of the molecule is CC(C)(C)OC(=O)N1CCC2(CC1)COCC2N1C(=O)c2ccccc2C1=O.CC(C)(C)OC(=O)N1CCC2(CC1)COCC2O.CCOC(=O)C1CCN(C(=O)OC(C)(C)C)CC1.O=C1c2ccccc2C(=O)N1C1COCC12CCNCC2. The first-order chi connectivity index (χ1) is 40.1. The maximum absolute atomic E-state index is 12.9. The van der Waals surface area contributed by atoms with E-state index in [1.807, 2.05) is 62.3 Å². The van der Waals surface area contributed by atoms with Crippen molar-refractivity contribution >= 4 is 47.9 Å². The molecule has 7 amide bonds.